The lowest BCUT2D eigenvalue weighted by molar-refractivity contribution is -0.385. The van der Waals surface area contributed by atoms with Crippen LogP contribution in [0.5, 0.6) is 0 Å². The monoisotopic (exact) mass is 211 g/mol. The number of hydrogen-bond acceptors (Lipinski definition) is 4. The molecule has 7 heteroatoms. The maximum absolute atomic E-state index is 11.2. The molecule has 0 fully saturated rings. The molecule has 0 aliphatic heterocycles. The molecule has 0 saturated heterocycles. The van der Waals surface area contributed by atoms with E-state index in [2.05, 4.69) is 0 Å². The maximum atomic E-state index is 11.2. The zero-order valence-electron chi connectivity index (χ0n) is 7.75. The summed E-state index contributed by atoms with van der Waals surface area (Å²) in [5.41, 5.74) is 4.30. The van der Waals surface area contributed by atoms with E-state index in [4.69, 9.17) is 5.73 Å². The minimum Gasteiger partial charge on any atom is -0.370 e. The van der Waals surface area contributed by atoms with E-state index in [9.17, 15) is 19.7 Å². The number of carbonyl (C=O) groups excluding carboxylic acids is 1. The summed E-state index contributed by atoms with van der Waals surface area (Å²) in [6.07, 6.45) is 1.06. The van der Waals surface area contributed by atoms with Crippen molar-refractivity contribution in [3.8, 4) is 0 Å². The fourth-order valence-corrected chi connectivity index (χ4v) is 1.03. The molecule has 0 atom stereocenters. The van der Waals surface area contributed by atoms with Crippen LogP contribution in [0.1, 0.15) is 6.42 Å². The number of aromatic nitrogens is 1. The van der Waals surface area contributed by atoms with E-state index in [1.807, 2.05) is 0 Å². The Morgan fingerprint density at radius 3 is 2.73 bits per heavy atom. The minimum absolute atomic E-state index is 0.0267. The molecule has 0 aliphatic carbocycles. The first kappa shape index (κ1) is 10.9. The highest BCUT2D eigenvalue weighted by molar-refractivity contribution is 5.73. The summed E-state index contributed by atoms with van der Waals surface area (Å²) < 4.78 is 1.09. The average Bonchev–Trinajstić information content (AvgIpc) is 2.16. The number of pyridine rings is 1. The van der Waals surface area contributed by atoms with Gasteiger partial charge >= 0.3 is 0 Å². The summed E-state index contributed by atoms with van der Waals surface area (Å²) >= 11 is 0. The number of amides is 1. The molecule has 15 heavy (non-hydrogen) atoms. The van der Waals surface area contributed by atoms with Crippen molar-refractivity contribution in [2.75, 3.05) is 0 Å². The Balaban J connectivity index is 2.95. The molecule has 1 aromatic heterocycles. The number of nitrogens with two attached hydrogens (primary N) is 1. The van der Waals surface area contributed by atoms with Gasteiger partial charge in [-0.2, -0.15) is 0 Å². The Hall–Kier alpha value is -2.18. The number of aryl methyl sites for hydroxylation is 1. The Labute approximate surface area is 84.3 Å². The van der Waals surface area contributed by atoms with E-state index in [-0.39, 0.29) is 18.7 Å². The molecule has 0 spiro atoms. The molecule has 1 heterocycles. The predicted molar refractivity (Wildman–Crippen MR) is 51.2 cm³/mol. The lowest BCUT2D eigenvalue weighted by Gasteiger charge is -2.02. The molecule has 1 aromatic rings. The van der Waals surface area contributed by atoms with Crippen molar-refractivity contribution in [3.63, 3.8) is 0 Å². The second kappa shape index (κ2) is 4.36. The Morgan fingerprint density at radius 1 is 1.53 bits per heavy atom. The van der Waals surface area contributed by atoms with E-state index in [1.165, 1.54) is 0 Å². The lowest BCUT2D eigenvalue weighted by Crippen LogP contribution is -2.22. The van der Waals surface area contributed by atoms with E-state index in [1.54, 1.807) is 0 Å². The smallest absolute Gasteiger partial charge is 0.285 e. The van der Waals surface area contributed by atoms with Gasteiger partial charge in [0.1, 0.15) is 0 Å². The molecule has 0 saturated carbocycles. The standard InChI is InChI=1S/C8H9N3O4/c9-7(12)3-4-10-5-6(11(14)15)1-2-8(10)13/h1-2,5H,3-4H2,(H2,9,12). The van der Waals surface area contributed by atoms with Gasteiger partial charge in [-0.15, -0.1) is 0 Å². The van der Waals surface area contributed by atoms with Gasteiger partial charge in [0.25, 0.3) is 11.2 Å². The molecule has 1 amide bonds. The van der Waals surface area contributed by atoms with E-state index in [0.29, 0.717) is 0 Å². The largest absolute Gasteiger partial charge is 0.370 e. The lowest BCUT2D eigenvalue weighted by atomic mass is 10.3. The topological polar surface area (TPSA) is 108 Å². The second-order valence-electron chi connectivity index (χ2n) is 2.89. The molecule has 7 nitrogen and oxygen atoms in total. The van der Waals surface area contributed by atoms with Gasteiger partial charge in [-0.05, 0) is 0 Å². The average molecular weight is 211 g/mol. The first-order valence-electron chi connectivity index (χ1n) is 4.14. The zero-order chi connectivity index (χ0) is 11.4. The van der Waals surface area contributed by atoms with Crippen LogP contribution in [0.2, 0.25) is 0 Å². The summed E-state index contributed by atoms with van der Waals surface area (Å²) in [5, 5.41) is 10.4. The van der Waals surface area contributed by atoms with Gasteiger partial charge in [-0.3, -0.25) is 19.7 Å². The minimum atomic E-state index is -0.611. The molecule has 0 radical (unpaired) electrons. The first-order chi connectivity index (χ1) is 7.00. The summed E-state index contributed by atoms with van der Waals surface area (Å²) in [7, 11) is 0. The molecule has 0 aliphatic rings. The van der Waals surface area contributed by atoms with E-state index < -0.39 is 16.4 Å². The van der Waals surface area contributed by atoms with Crippen molar-refractivity contribution in [1.82, 2.24) is 4.57 Å². The van der Waals surface area contributed by atoms with Gasteiger partial charge in [0, 0.05) is 25.1 Å². The molecule has 1 rings (SSSR count). The highest BCUT2D eigenvalue weighted by atomic mass is 16.6. The van der Waals surface area contributed by atoms with Crippen molar-refractivity contribution < 1.29 is 9.72 Å². The van der Waals surface area contributed by atoms with Crippen LogP contribution in [0.3, 0.4) is 0 Å². The van der Waals surface area contributed by atoms with Gasteiger partial charge in [-0.25, -0.2) is 0 Å². The third kappa shape index (κ3) is 2.90. The predicted octanol–water partition coefficient (Wildman–Crippen LogP) is -0.368. The second-order valence-corrected chi connectivity index (χ2v) is 2.89. The number of rotatable bonds is 4. The molecule has 0 aromatic carbocycles. The van der Waals surface area contributed by atoms with Gasteiger partial charge in [0.15, 0.2) is 0 Å². The van der Waals surface area contributed by atoms with E-state index >= 15 is 0 Å². The van der Waals surface area contributed by atoms with Gasteiger partial charge < -0.3 is 10.3 Å². The molecule has 2 N–H and O–H groups in total. The molecule has 80 valence electrons. The van der Waals surface area contributed by atoms with Crippen LogP contribution in [0.15, 0.2) is 23.1 Å². The zero-order valence-corrected chi connectivity index (χ0v) is 7.75. The van der Waals surface area contributed by atoms with Crippen LogP contribution in [-0.2, 0) is 11.3 Å². The number of nitrogens with zero attached hydrogens (tertiary/aromatic N) is 2. The molecular formula is C8H9N3O4. The summed E-state index contributed by atoms with van der Waals surface area (Å²) in [6, 6.07) is 2.20. The molecular weight excluding hydrogens is 202 g/mol. The summed E-state index contributed by atoms with van der Waals surface area (Å²) in [4.78, 5) is 31.5. The number of primary amides is 1. The quantitative estimate of drug-likeness (QED) is 0.541. The number of nitro groups is 1. The van der Waals surface area contributed by atoms with Crippen LogP contribution in [0.4, 0.5) is 5.69 Å². The number of carbonyl (C=O) groups is 1. The van der Waals surface area contributed by atoms with Gasteiger partial charge in [0.2, 0.25) is 5.91 Å². The number of hydrogen-bond donors (Lipinski definition) is 1. The highest BCUT2D eigenvalue weighted by Gasteiger charge is 2.07. The van der Waals surface area contributed by atoms with Crippen molar-refractivity contribution >= 4 is 11.6 Å². The van der Waals surface area contributed by atoms with Gasteiger partial charge in [0.05, 0.1) is 11.1 Å². The Morgan fingerprint density at radius 2 is 2.20 bits per heavy atom. The first-order valence-corrected chi connectivity index (χ1v) is 4.14. The Bertz CT molecular complexity index is 451. The highest BCUT2D eigenvalue weighted by Crippen LogP contribution is 2.06. The van der Waals surface area contributed by atoms with Crippen LogP contribution in [0, 0.1) is 10.1 Å². The SMILES string of the molecule is NC(=O)CCn1cc([N+](=O)[O-])ccc1=O. The molecule has 0 unspecified atom stereocenters. The summed E-state index contributed by atoms with van der Waals surface area (Å²) in [5.74, 6) is -0.562. The third-order valence-electron chi connectivity index (χ3n) is 1.78. The van der Waals surface area contributed by atoms with Crippen LogP contribution in [0.25, 0.3) is 0 Å². The van der Waals surface area contributed by atoms with Crippen LogP contribution in [-0.4, -0.2) is 15.4 Å². The van der Waals surface area contributed by atoms with Gasteiger partial charge in [-0.1, -0.05) is 0 Å². The third-order valence-corrected chi connectivity index (χ3v) is 1.78. The van der Waals surface area contributed by atoms with Crippen LogP contribution >= 0.6 is 0 Å². The fourth-order valence-electron chi connectivity index (χ4n) is 1.03. The van der Waals surface area contributed by atoms with Crippen molar-refractivity contribution in [2.45, 2.75) is 13.0 Å². The van der Waals surface area contributed by atoms with E-state index in [0.717, 1.165) is 22.9 Å². The maximum Gasteiger partial charge on any atom is 0.285 e. The van der Waals surface area contributed by atoms with Crippen molar-refractivity contribution in [2.24, 2.45) is 5.73 Å². The van der Waals surface area contributed by atoms with Crippen LogP contribution < -0.4 is 11.3 Å². The molecule has 0 bridgehead atoms. The normalized spacial score (nSPS) is 9.87. The fraction of sp³-hybridized carbons (Fsp3) is 0.250. The van der Waals surface area contributed by atoms with Crippen molar-refractivity contribution in [1.29, 1.82) is 0 Å². The Kier molecular flexibility index (Phi) is 3.17. The van der Waals surface area contributed by atoms with Crippen molar-refractivity contribution in [3.05, 3.63) is 38.8 Å². The summed E-state index contributed by atoms with van der Waals surface area (Å²) in [6.45, 7) is 0.0514.